The first-order valence-corrected chi connectivity index (χ1v) is 4.61. The molecule has 1 aromatic rings. The lowest BCUT2D eigenvalue weighted by Gasteiger charge is -2.14. The fourth-order valence-corrected chi connectivity index (χ4v) is 1.41. The first kappa shape index (κ1) is 12.4. The van der Waals surface area contributed by atoms with Gasteiger partial charge >= 0.3 is 5.97 Å². The van der Waals surface area contributed by atoms with Crippen molar-refractivity contribution in [1.82, 2.24) is 0 Å². The first-order valence-electron chi connectivity index (χ1n) is 4.61. The largest absolute Gasteiger partial charge is 0.496 e. The fourth-order valence-electron chi connectivity index (χ4n) is 1.41. The van der Waals surface area contributed by atoms with Crippen molar-refractivity contribution in [3.63, 3.8) is 0 Å². The van der Waals surface area contributed by atoms with Gasteiger partial charge in [-0.05, 0) is 18.6 Å². The van der Waals surface area contributed by atoms with Gasteiger partial charge in [-0.2, -0.15) is 0 Å². The molecule has 0 aliphatic carbocycles. The number of hydrogen-bond donors (Lipinski definition) is 1. The van der Waals surface area contributed by atoms with Crippen molar-refractivity contribution in [1.29, 1.82) is 0 Å². The minimum atomic E-state index is -1.51. The Labute approximate surface area is 92.6 Å². The minimum Gasteiger partial charge on any atom is -0.496 e. The van der Waals surface area contributed by atoms with Crippen molar-refractivity contribution >= 4 is 5.97 Å². The summed E-state index contributed by atoms with van der Waals surface area (Å²) in [5.74, 6) is -1.14. The van der Waals surface area contributed by atoms with E-state index in [9.17, 15) is 14.3 Å². The van der Waals surface area contributed by atoms with Gasteiger partial charge in [0.25, 0.3) is 0 Å². The van der Waals surface area contributed by atoms with E-state index in [1.807, 2.05) is 0 Å². The van der Waals surface area contributed by atoms with E-state index in [0.717, 1.165) is 13.2 Å². The van der Waals surface area contributed by atoms with Crippen molar-refractivity contribution in [3.8, 4) is 5.75 Å². The van der Waals surface area contributed by atoms with Gasteiger partial charge in [0, 0.05) is 11.6 Å². The number of carbonyl (C=O) groups excluding carboxylic acids is 1. The SMILES string of the molecule is COC(=O)C(O)c1cc(F)cc(OC)c1C. The summed E-state index contributed by atoms with van der Waals surface area (Å²) < 4.78 is 22.5. The summed E-state index contributed by atoms with van der Waals surface area (Å²) in [6, 6.07) is 2.27. The zero-order chi connectivity index (χ0) is 12.3. The molecular formula is C11H13FO4. The Morgan fingerprint density at radius 1 is 1.44 bits per heavy atom. The van der Waals surface area contributed by atoms with Crippen molar-refractivity contribution < 1.29 is 23.8 Å². The second-order valence-electron chi connectivity index (χ2n) is 3.25. The molecule has 5 heteroatoms. The number of rotatable bonds is 3. The standard InChI is InChI=1S/C11H13FO4/c1-6-8(10(13)11(14)16-3)4-7(12)5-9(6)15-2/h4-5,10,13H,1-3H3. The second-order valence-corrected chi connectivity index (χ2v) is 3.25. The van der Waals surface area contributed by atoms with Crippen LogP contribution in [0.2, 0.25) is 0 Å². The van der Waals surface area contributed by atoms with Crippen molar-refractivity contribution in [2.75, 3.05) is 14.2 Å². The molecule has 1 atom stereocenters. The van der Waals surface area contributed by atoms with Crippen LogP contribution in [-0.2, 0) is 9.53 Å². The number of carbonyl (C=O) groups is 1. The quantitative estimate of drug-likeness (QED) is 0.793. The number of esters is 1. The number of aliphatic hydroxyl groups is 1. The van der Waals surface area contributed by atoms with Crippen LogP contribution in [0.25, 0.3) is 0 Å². The number of hydrogen-bond acceptors (Lipinski definition) is 4. The maximum Gasteiger partial charge on any atom is 0.339 e. The van der Waals surface area contributed by atoms with Crippen LogP contribution in [0.1, 0.15) is 17.2 Å². The molecule has 1 unspecified atom stereocenters. The van der Waals surface area contributed by atoms with Crippen molar-refractivity contribution in [2.45, 2.75) is 13.0 Å². The topological polar surface area (TPSA) is 55.8 Å². The van der Waals surface area contributed by atoms with E-state index < -0.39 is 17.9 Å². The Hall–Kier alpha value is -1.62. The molecule has 0 aromatic heterocycles. The van der Waals surface area contributed by atoms with E-state index in [1.165, 1.54) is 13.2 Å². The summed E-state index contributed by atoms with van der Waals surface area (Å²) in [5.41, 5.74) is 0.644. The van der Waals surface area contributed by atoms with Crippen molar-refractivity contribution in [2.24, 2.45) is 0 Å². The number of benzene rings is 1. The summed E-state index contributed by atoms with van der Waals surface area (Å²) in [7, 11) is 2.54. The predicted octanol–water partition coefficient (Wildman–Crippen LogP) is 1.35. The van der Waals surface area contributed by atoms with Gasteiger partial charge in [-0.15, -0.1) is 0 Å². The monoisotopic (exact) mass is 228 g/mol. The molecule has 0 spiro atoms. The van der Waals surface area contributed by atoms with Crippen LogP contribution in [0.15, 0.2) is 12.1 Å². The molecule has 0 radical (unpaired) electrons. The highest BCUT2D eigenvalue weighted by molar-refractivity contribution is 5.77. The van der Waals surface area contributed by atoms with Crippen LogP contribution < -0.4 is 4.74 Å². The van der Waals surface area contributed by atoms with E-state index in [-0.39, 0.29) is 11.3 Å². The molecule has 0 aliphatic rings. The fraction of sp³-hybridized carbons (Fsp3) is 0.364. The molecule has 0 saturated carbocycles. The summed E-state index contributed by atoms with van der Waals surface area (Å²) >= 11 is 0. The third-order valence-electron chi connectivity index (χ3n) is 2.30. The molecule has 0 amide bonds. The number of aliphatic hydroxyl groups excluding tert-OH is 1. The molecule has 0 bridgehead atoms. The van der Waals surface area contributed by atoms with Gasteiger partial charge in [0.2, 0.25) is 0 Å². The minimum absolute atomic E-state index is 0.142. The average Bonchev–Trinajstić information content (AvgIpc) is 2.29. The summed E-state index contributed by atoms with van der Waals surface area (Å²) in [4.78, 5) is 11.1. The van der Waals surface area contributed by atoms with Crippen LogP contribution in [0.3, 0.4) is 0 Å². The molecule has 0 aliphatic heterocycles. The maximum atomic E-state index is 13.2. The molecule has 88 valence electrons. The molecule has 1 N–H and O–H groups in total. The van der Waals surface area contributed by atoms with E-state index in [4.69, 9.17) is 4.74 Å². The van der Waals surface area contributed by atoms with Gasteiger partial charge in [-0.25, -0.2) is 9.18 Å². The Bertz CT molecular complexity index is 403. The second kappa shape index (κ2) is 4.94. The third kappa shape index (κ3) is 2.30. The Morgan fingerprint density at radius 2 is 2.06 bits per heavy atom. The molecule has 16 heavy (non-hydrogen) atoms. The zero-order valence-corrected chi connectivity index (χ0v) is 9.28. The van der Waals surface area contributed by atoms with E-state index in [0.29, 0.717) is 5.56 Å². The highest BCUT2D eigenvalue weighted by atomic mass is 19.1. The van der Waals surface area contributed by atoms with Gasteiger partial charge in [-0.3, -0.25) is 0 Å². The van der Waals surface area contributed by atoms with Crippen LogP contribution in [-0.4, -0.2) is 25.3 Å². The highest BCUT2D eigenvalue weighted by Gasteiger charge is 2.22. The molecule has 0 fully saturated rings. The van der Waals surface area contributed by atoms with Crippen molar-refractivity contribution in [3.05, 3.63) is 29.1 Å². The van der Waals surface area contributed by atoms with E-state index >= 15 is 0 Å². The lowest BCUT2D eigenvalue weighted by molar-refractivity contribution is -0.150. The lowest BCUT2D eigenvalue weighted by atomic mass is 10.0. The average molecular weight is 228 g/mol. The number of ether oxygens (including phenoxy) is 2. The lowest BCUT2D eigenvalue weighted by Crippen LogP contribution is -2.15. The van der Waals surface area contributed by atoms with Gasteiger partial charge in [0.05, 0.1) is 14.2 Å². The van der Waals surface area contributed by atoms with E-state index in [2.05, 4.69) is 4.74 Å². The Kier molecular flexibility index (Phi) is 3.84. The highest BCUT2D eigenvalue weighted by Crippen LogP contribution is 2.28. The number of methoxy groups -OCH3 is 2. The van der Waals surface area contributed by atoms with Crippen LogP contribution in [0.4, 0.5) is 4.39 Å². The zero-order valence-electron chi connectivity index (χ0n) is 9.28. The molecule has 4 nitrogen and oxygen atoms in total. The summed E-state index contributed by atoms with van der Waals surface area (Å²) in [6.07, 6.45) is -1.51. The Morgan fingerprint density at radius 3 is 2.56 bits per heavy atom. The third-order valence-corrected chi connectivity index (χ3v) is 2.30. The smallest absolute Gasteiger partial charge is 0.339 e. The van der Waals surface area contributed by atoms with Gasteiger partial charge < -0.3 is 14.6 Å². The molecule has 0 saturated heterocycles. The first-order chi connectivity index (χ1) is 7.51. The molecule has 1 rings (SSSR count). The van der Waals surface area contributed by atoms with Crippen LogP contribution in [0, 0.1) is 12.7 Å². The Balaban J connectivity index is 3.22. The molecular weight excluding hydrogens is 215 g/mol. The summed E-state index contributed by atoms with van der Waals surface area (Å²) in [5, 5.41) is 9.62. The number of halogens is 1. The van der Waals surface area contributed by atoms with Gasteiger partial charge in [0.1, 0.15) is 11.6 Å². The van der Waals surface area contributed by atoms with Crippen LogP contribution >= 0.6 is 0 Å². The predicted molar refractivity (Wildman–Crippen MR) is 54.7 cm³/mol. The van der Waals surface area contributed by atoms with Gasteiger partial charge in [-0.1, -0.05) is 0 Å². The normalized spacial score (nSPS) is 12.1. The summed E-state index contributed by atoms with van der Waals surface area (Å²) in [6.45, 7) is 1.62. The van der Waals surface area contributed by atoms with E-state index in [1.54, 1.807) is 6.92 Å². The maximum absolute atomic E-state index is 13.2. The van der Waals surface area contributed by atoms with Crippen LogP contribution in [0.5, 0.6) is 5.75 Å². The molecule has 0 heterocycles. The van der Waals surface area contributed by atoms with Gasteiger partial charge in [0.15, 0.2) is 6.10 Å². The molecule has 1 aromatic carbocycles.